The summed E-state index contributed by atoms with van der Waals surface area (Å²) in [4.78, 5) is 4.38. The van der Waals surface area contributed by atoms with Gasteiger partial charge in [0.25, 0.3) is 0 Å². The molecular formula is C10H19NO2. The van der Waals surface area contributed by atoms with Gasteiger partial charge in [-0.05, 0) is 13.8 Å². The molecule has 0 radical (unpaired) electrons. The Bertz CT molecular complexity index is 220. The third kappa shape index (κ3) is 2.44. The fourth-order valence-corrected chi connectivity index (χ4v) is 1.15. The fraction of sp³-hybridized carbons (Fsp3) is 0.900. The summed E-state index contributed by atoms with van der Waals surface area (Å²) < 4.78 is 5.45. The van der Waals surface area contributed by atoms with Crippen molar-refractivity contribution in [3.05, 3.63) is 0 Å². The molecule has 1 heterocycles. The standard InChI is InChI=1S/C10H19NO2/c1-9(2,3)8-11-7(6-13-8)10(4,5)12/h7,12H,6H2,1-5H3. The van der Waals surface area contributed by atoms with Crippen LogP contribution in [0.4, 0.5) is 0 Å². The zero-order valence-electron chi connectivity index (χ0n) is 9.09. The molecule has 13 heavy (non-hydrogen) atoms. The van der Waals surface area contributed by atoms with Crippen molar-refractivity contribution in [1.82, 2.24) is 0 Å². The van der Waals surface area contributed by atoms with Crippen molar-refractivity contribution in [2.24, 2.45) is 10.4 Å². The zero-order chi connectivity index (χ0) is 10.3. The second kappa shape index (κ2) is 2.98. The van der Waals surface area contributed by atoms with Crippen LogP contribution in [0, 0.1) is 5.41 Å². The molecule has 1 aliphatic rings. The van der Waals surface area contributed by atoms with Gasteiger partial charge in [0, 0.05) is 5.41 Å². The predicted octanol–water partition coefficient (Wildman–Crippen LogP) is 1.60. The van der Waals surface area contributed by atoms with Crippen LogP contribution in [0.1, 0.15) is 34.6 Å². The van der Waals surface area contributed by atoms with Gasteiger partial charge >= 0.3 is 0 Å². The largest absolute Gasteiger partial charge is 0.478 e. The summed E-state index contributed by atoms with van der Waals surface area (Å²) in [5, 5.41) is 9.71. The summed E-state index contributed by atoms with van der Waals surface area (Å²) in [6, 6.07) is -0.123. The minimum absolute atomic E-state index is 0.0556. The number of aliphatic hydroxyl groups is 1. The first-order chi connectivity index (χ1) is 5.71. The predicted molar refractivity (Wildman–Crippen MR) is 52.9 cm³/mol. The van der Waals surface area contributed by atoms with Gasteiger partial charge in [-0.15, -0.1) is 0 Å². The molecule has 0 aromatic carbocycles. The van der Waals surface area contributed by atoms with E-state index in [1.54, 1.807) is 13.8 Å². The van der Waals surface area contributed by atoms with Crippen LogP contribution in [0.3, 0.4) is 0 Å². The smallest absolute Gasteiger partial charge is 0.189 e. The van der Waals surface area contributed by atoms with Crippen LogP contribution in [0.5, 0.6) is 0 Å². The third-order valence-electron chi connectivity index (χ3n) is 2.11. The van der Waals surface area contributed by atoms with Crippen molar-refractivity contribution in [2.75, 3.05) is 6.61 Å². The molecule has 0 saturated carbocycles. The first-order valence-corrected chi connectivity index (χ1v) is 4.65. The summed E-state index contributed by atoms with van der Waals surface area (Å²) in [5.41, 5.74) is -0.840. The molecule has 0 spiro atoms. The molecule has 3 heteroatoms. The average molecular weight is 185 g/mol. The maximum absolute atomic E-state index is 9.71. The van der Waals surface area contributed by atoms with Gasteiger partial charge in [0.05, 0.1) is 5.60 Å². The molecule has 1 N–H and O–H groups in total. The fourth-order valence-electron chi connectivity index (χ4n) is 1.15. The monoisotopic (exact) mass is 185 g/mol. The molecular weight excluding hydrogens is 166 g/mol. The van der Waals surface area contributed by atoms with E-state index in [-0.39, 0.29) is 11.5 Å². The minimum Gasteiger partial charge on any atom is -0.478 e. The molecule has 0 aromatic heterocycles. The number of ether oxygens (including phenoxy) is 1. The average Bonchev–Trinajstić information content (AvgIpc) is 2.28. The van der Waals surface area contributed by atoms with Crippen molar-refractivity contribution in [3.63, 3.8) is 0 Å². The molecule has 0 aromatic rings. The highest BCUT2D eigenvalue weighted by Crippen LogP contribution is 2.26. The minimum atomic E-state index is -0.785. The van der Waals surface area contributed by atoms with Crippen LogP contribution in [0.2, 0.25) is 0 Å². The van der Waals surface area contributed by atoms with E-state index in [1.807, 2.05) is 0 Å². The second-order valence-corrected chi connectivity index (χ2v) is 5.16. The number of nitrogens with zero attached hydrogens (tertiary/aromatic N) is 1. The number of hydrogen-bond acceptors (Lipinski definition) is 3. The van der Waals surface area contributed by atoms with Crippen LogP contribution < -0.4 is 0 Å². The molecule has 1 atom stereocenters. The van der Waals surface area contributed by atoms with E-state index in [9.17, 15) is 5.11 Å². The van der Waals surface area contributed by atoms with Gasteiger partial charge in [0.15, 0.2) is 5.90 Å². The highest BCUT2D eigenvalue weighted by Gasteiger charge is 2.35. The summed E-state index contributed by atoms with van der Waals surface area (Å²) in [6.07, 6.45) is 0. The van der Waals surface area contributed by atoms with Crippen molar-refractivity contribution < 1.29 is 9.84 Å². The van der Waals surface area contributed by atoms with Crippen LogP contribution in [0.15, 0.2) is 4.99 Å². The lowest BCUT2D eigenvalue weighted by atomic mass is 9.96. The molecule has 0 amide bonds. The second-order valence-electron chi connectivity index (χ2n) is 5.16. The van der Waals surface area contributed by atoms with E-state index >= 15 is 0 Å². The maximum Gasteiger partial charge on any atom is 0.189 e. The summed E-state index contributed by atoms with van der Waals surface area (Å²) in [6.45, 7) is 10.2. The van der Waals surface area contributed by atoms with Crippen LogP contribution in [-0.2, 0) is 4.74 Å². The van der Waals surface area contributed by atoms with E-state index in [4.69, 9.17) is 4.74 Å². The van der Waals surface area contributed by atoms with Gasteiger partial charge in [-0.2, -0.15) is 0 Å². The van der Waals surface area contributed by atoms with Crippen molar-refractivity contribution in [2.45, 2.75) is 46.3 Å². The molecule has 1 rings (SSSR count). The molecule has 76 valence electrons. The first kappa shape index (κ1) is 10.5. The normalized spacial score (nSPS) is 24.2. The summed E-state index contributed by atoms with van der Waals surface area (Å²) in [7, 11) is 0. The van der Waals surface area contributed by atoms with Gasteiger partial charge in [-0.3, -0.25) is 0 Å². The quantitative estimate of drug-likeness (QED) is 0.674. The Balaban J connectivity index is 2.76. The van der Waals surface area contributed by atoms with E-state index < -0.39 is 5.60 Å². The van der Waals surface area contributed by atoms with E-state index in [0.717, 1.165) is 5.90 Å². The SMILES string of the molecule is CC(C)(C)C1=NC(C(C)(C)O)CO1. The van der Waals surface area contributed by atoms with Gasteiger partial charge in [-0.25, -0.2) is 4.99 Å². The Labute approximate surface area is 79.8 Å². The highest BCUT2D eigenvalue weighted by molar-refractivity contribution is 5.83. The topological polar surface area (TPSA) is 41.8 Å². The highest BCUT2D eigenvalue weighted by atomic mass is 16.5. The van der Waals surface area contributed by atoms with Gasteiger partial charge in [0.1, 0.15) is 12.6 Å². The Kier molecular flexibility index (Phi) is 2.41. The van der Waals surface area contributed by atoms with Gasteiger partial charge in [-0.1, -0.05) is 20.8 Å². The Hall–Kier alpha value is -0.570. The van der Waals surface area contributed by atoms with E-state index in [2.05, 4.69) is 25.8 Å². The number of rotatable bonds is 1. The van der Waals surface area contributed by atoms with Crippen LogP contribution in [-0.4, -0.2) is 29.3 Å². The molecule has 0 saturated heterocycles. The lowest BCUT2D eigenvalue weighted by Crippen LogP contribution is -2.35. The van der Waals surface area contributed by atoms with Crippen molar-refractivity contribution >= 4 is 5.90 Å². The van der Waals surface area contributed by atoms with Crippen LogP contribution in [0.25, 0.3) is 0 Å². The van der Waals surface area contributed by atoms with Gasteiger partial charge < -0.3 is 9.84 Å². The molecule has 3 nitrogen and oxygen atoms in total. The van der Waals surface area contributed by atoms with E-state index in [1.165, 1.54) is 0 Å². The summed E-state index contributed by atoms with van der Waals surface area (Å²) in [5.74, 6) is 0.750. The van der Waals surface area contributed by atoms with Crippen LogP contribution >= 0.6 is 0 Å². The number of hydrogen-bond donors (Lipinski definition) is 1. The maximum atomic E-state index is 9.71. The molecule has 1 unspecified atom stereocenters. The molecule has 0 aliphatic carbocycles. The Morgan fingerprint density at radius 3 is 2.08 bits per heavy atom. The Morgan fingerprint density at radius 1 is 1.31 bits per heavy atom. The van der Waals surface area contributed by atoms with Crippen molar-refractivity contribution in [1.29, 1.82) is 0 Å². The lowest BCUT2D eigenvalue weighted by molar-refractivity contribution is 0.0432. The number of aliphatic imine (C=N–C) groups is 1. The molecule has 0 fully saturated rings. The summed E-state index contributed by atoms with van der Waals surface area (Å²) >= 11 is 0. The van der Waals surface area contributed by atoms with E-state index in [0.29, 0.717) is 6.61 Å². The Morgan fingerprint density at radius 2 is 1.85 bits per heavy atom. The molecule has 1 aliphatic heterocycles. The lowest BCUT2D eigenvalue weighted by Gasteiger charge is -2.20. The first-order valence-electron chi connectivity index (χ1n) is 4.65. The zero-order valence-corrected chi connectivity index (χ0v) is 9.09. The third-order valence-corrected chi connectivity index (χ3v) is 2.11. The molecule has 0 bridgehead atoms. The van der Waals surface area contributed by atoms with Crippen molar-refractivity contribution in [3.8, 4) is 0 Å². The van der Waals surface area contributed by atoms with Gasteiger partial charge in [0.2, 0.25) is 0 Å².